The van der Waals surface area contributed by atoms with Gasteiger partial charge in [-0.25, -0.2) is 9.07 Å². The summed E-state index contributed by atoms with van der Waals surface area (Å²) in [5, 5.41) is 11.6. The van der Waals surface area contributed by atoms with E-state index in [1.165, 1.54) is 6.07 Å². The molecule has 5 nitrogen and oxygen atoms in total. The number of tetrazole rings is 1. The van der Waals surface area contributed by atoms with Crippen molar-refractivity contribution in [2.24, 2.45) is 5.92 Å². The average molecular weight is 263 g/mol. The highest BCUT2D eigenvalue weighted by Gasteiger charge is 2.20. The molecule has 102 valence electrons. The zero-order valence-corrected chi connectivity index (χ0v) is 11.3. The summed E-state index contributed by atoms with van der Waals surface area (Å²) >= 11 is 0. The number of anilines is 1. The van der Waals surface area contributed by atoms with E-state index >= 15 is 0 Å². The fourth-order valence-corrected chi connectivity index (χ4v) is 1.94. The Bertz CT molecular complexity index is 566. The lowest BCUT2D eigenvalue weighted by molar-refractivity contribution is 0.340. The van der Waals surface area contributed by atoms with Crippen LogP contribution in [0.4, 0.5) is 10.1 Å². The Hall–Kier alpha value is -1.98. The minimum atomic E-state index is -0.410. The van der Waals surface area contributed by atoms with Crippen molar-refractivity contribution in [3.63, 3.8) is 0 Å². The van der Waals surface area contributed by atoms with E-state index < -0.39 is 5.82 Å². The zero-order chi connectivity index (χ0) is 14.0. The molecule has 0 aliphatic heterocycles. The highest BCUT2D eigenvalue weighted by molar-refractivity contribution is 5.59. The summed E-state index contributed by atoms with van der Waals surface area (Å²) in [5.74, 6) is 0.428. The number of nitrogens with zero attached hydrogens (tertiary/aromatic N) is 4. The normalized spacial score (nSPS) is 14.3. The quantitative estimate of drug-likeness (QED) is 0.861. The molecule has 1 aromatic heterocycles. The Labute approximate surface area is 111 Å². The molecule has 0 saturated heterocycles. The van der Waals surface area contributed by atoms with Gasteiger partial charge < -0.3 is 5.73 Å². The number of hydrogen-bond donors (Lipinski definition) is 1. The van der Waals surface area contributed by atoms with E-state index in [1.807, 2.05) is 6.92 Å². The van der Waals surface area contributed by atoms with E-state index in [9.17, 15) is 4.39 Å². The van der Waals surface area contributed by atoms with Crippen LogP contribution in [0.15, 0.2) is 18.2 Å². The first-order valence-electron chi connectivity index (χ1n) is 6.37. The molecule has 2 unspecified atom stereocenters. The lowest BCUT2D eigenvalue weighted by atomic mass is 10.0. The third-order valence-electron chi connectivity index (χ3n) is 3.58. The number of hydrogen-bond acceptors (Lipinski definition) is 4. The van der Waals surface area contributed by atoms with E-state index in [4.69, 9.17) is 5.73 Å². The summed E-state index contributed by atoms with van der Waals surface area (Å²) in [4.78, 5) is 0. The van der Waals surface area contributed by atoms with Crippen molar-refractivity contribution in [1.29, 1.82) is 0 Å². The Morgan fingerprint density at radius 1 is 1.37 bits per heavy atom. The molecule has 0 fully saturated rings. The molecule has 2 rings (SSSR count). The second-order valence-corrected chi connectivity index (χ2v) is 4.81. The molecule has 0 amide bonds. The van der Waals surface area contributed by atoms with E-state index in [0.29, 0.717) is 23.0 Å². The van der Waals surface area contributed by atoms with Crippen LogP contribution in [0.25, 0.3) is 11.4 Å². The minimum Gasteiger partial charge on any atom is -0.399 e. The first-order chi connectivity index (χ1) is 9.04. The van der Waals surface area contributed by atoms with Gasteiger partial charge in [-0.15, -0.1) is 5.10 Å². The summed E-state index contributed by atoms with van der Waals surface area (Å²) in [5.41, 5.74) is 6.30. The average Bonchev–Trinajstić information content (AvgIpc) is 2.86. The Kier molecular flexibility index (Phi) is 3.78. The largest absolute Gasteiger partial charge is 0.399 e. The van der Waals surface area contributed by atoms with Crippen LogP contribution in [0.1, 0.15) is 33.2 Å². The second-order valence-electron chi connectivity index (χ2n) is 4.81. The fraction of sp³-hybridized carbons (Fsp3) is 0.462. The first-order valence-corrected chi connectivity index (χ1v) is 6.37. The van der Waals surface area contributed by atoms with Crippen molar-refractivity contribution in [3.8, 4) is 11.4 Å². The lowest BCUT2D eigenvalue weighted by Crippen LogP contribution is -2.16. The molecule has 2 atom stereocenters. The van der Waals surface area contributed by atoms with Crippen LogP contribution in [0.3, 0.4) is 0 Å². The fourth-order valence-electron chi connectivity index (χ4n) is 1.94. The van der Waals surface area contributed by atoms with Gasteiger partial charge in [-0.1, -0.05) is 20.3 Å². The highest BCUT2D eigenvalue weighted by atomic mass is 19.1. The van der Waals surface area contributed by atoms with Crippen LogP contribution >= 0.6 is 0 Å². The van der Waals surface area contributed by atoms with Gasteiger partial charge in [-0.3, -0.25) is 0 Å². The van der Waals surface area contributed by atoms with Crippen molar-refractivity contribution in [3.05, 3.63) is 24.0 Å². The number of nitrogen functional groups attached to an aromatic ring is 1. The summed E-state index contributed by atoms with van der Waals surface area (Å²) in [6.45, 7) is 6.26. The van der Waals surface area contributed by atoms with Crippen LogP contribution in [-0.4, -0.2) is 20.2 Å². The molecule has 0 bridgehead atoms. The zero-order valence-electron chi connectivity index (χ0n) is 11.3. The molecule has 0 radical (unpaired) electrons. The van der Waals surface area contributed by atoms with Gasteiger partial charge in [0.25, 0.3) is 0 Å². The molecule has 6 heteroatoms. The maximum absolute atomic E-state index is 14.0. The van der Waals surface area contributed by atoms with Crippen molar-refractivity contribution < 1.29 is 4.39 Å². The molecule has 0 spiro atoms. The van der Waals surface area contributed by atoms with Gasteiger partial charge >= 0.3 is 0 Å². The van der Waals surface area contributed by atoms with Gasteiger partial charge in [0.05, 0.1) is 11.6 Å². The van der Waals surface area contributed by atoms with Crippen LogP contribution in [0.5, 0.6) is 0 Å². The van der Waals surface area contributed by atoms with Crippen LogP contribution < -0.4 is 5.73 Å². The monoisotopic (exact) mass is 263 g/mol. The molecule has 19 heavy (non-hydrogen) atoms. The first kappa shape index (κ1) is 13.5. The van der Waals surface area contributed by atoms with Gasteiger partial charge in [-0.2, -0.15) is 0 Å². The predicted octanol–water partition coefficient (Wildman–Crippen LogP) is 2.67. The van der Waals surface area contributed by atoms with Crippen LogP contribution in [0, 0.1) is 11.7 Å². The minimum absolute atomic E-state index is 0.104. The number of halogens is 1. The third kappa shape index (κ3) is 2.57. The van der Waals surface area contributed by atoms with Gasteiger partial charge in [0.15, 0.2) is 5.82 Å². The van der Waals surface area contributed by atoms with Gasteiger partial charge in [0, 0.05) is 5.69 Å². The lowest BCUT2D eigenvalue weighted by Gasteiger charge is -2.19. The third-order valence-corrected chi connectivity index (χ3v) is 3.58. The standard InChI is InChI=1S/C13H18FN5/c1-4-8(2)9(3)19-13(16-17-18-19)11-6-5-10(15)7-12(11)14/h5-9H,4,15H2,1-3H3. The second kappa shape index (κ2) is 5.34. The summed E-state index contributed by atoms with van der Waals surface area (Å²) in [6.07, 6.45) is 1.00. The van der Waals surface area contributed by atoms with Crippen molar-refractivity contribution >= 4 is 5.69 Å². The molecule has 0 aliphatic carbocycles. The van der Waals surface area contributed by atoms with Crippen molar-refractivity contribution in [2.45, 2.75) is 33.2 Å². The van der Waals surface area contributed by atoms with Gasteiger partial charge in [0.2, 0.25) is 0 Å². The number of benzene rings is 1. The van der Waals surface area contributed by atoms with Gasteiger partial charge in [-0.05, 0) is 41.5 Å². The molecular formula is C13H18FN5. The molecule has 0 aliphatic rings. The Morgan fingerprint density at radius 3 is 2.74 bits per heavy atom. The molecule has 0 saturated carbocycles. The number of rotatable bonds is 4. The number of nitrogens with two attached hydrogens (primary N) is 1. The van der Waals surface area contributed by atoms with E-state index in [2.05, 4.69) is 29.4 Å². The molecule has 2 aromatic rings. The molecule has 1 aromatic carbocycles. The SMILES string of the molecule is CCC(C)C(C)n1nnnc1-c1ccc(N)cc1F. The van der Waals surface area contributed by atoms with E-state index in [-0.39, 0.29) is 6.04 Å². The summed E-state index contributed by atoms with van der Waals surface area (Å²) in [7, 11) is 0. The maximum atomic E-state index is 14.0. The maximum Gasteiger partial charge on any atom is 0.185 e. The topological polar surface area (TPSA) is 69.6 Å². The van der Waals surface area contributed by atoms with Gasteiger partial charge in [0.1, 0.15) is 5.82 Å². The van der Waals surface area contributed by atoms with Crippen LogP contribution in [-0.2, 0) is 0 Å². The Balaban J connectivity index is 2.44. The Morgan fingerprint density at radius 2 is 2.11 bits per heavy atom. The van der Waals surface area contributed by atoms with E-state index in [0.717, 1.165) is 6.42 Å². The predicted molar refractivity (Wildman–Crippen MR) is 71.8 cm³/mol. The smallest absolute Gasteiger partial charge is 0.185 e. The van der Waals surface area contributed by atoms with Crippen LogP contribution in [0.2, 0.25) is 0 Å². The highest BCUT2D eigenvalue weighted by Crippen LogP contribution is 2.27. The molecular weight excluding hydrogens is 245 g/mol. The molecule has 2 N–H and O–H groups in total. The summed E-state index contributed by atoms with van der Waals surface area (Å²) in [6, 6.07) is 4.64. The van der Waals surface area contributed by atoms with Crippen molar-refractivity contribution in [2.75, 3.05) is 5.73 Å². The van der Waals surface area contributed by atoms with Crippen molar-refractivity contribution in [1.82, 2.24) is 20.2 Å². The number of aromatic nitrogens is 4. The molecule has 1 heterocycles. The summed E-state index contributed by atoms with van der Waals surface area (Å²) < 4.78 is 15.6. The van der Waals surface area contributed by atoms with E-state index in [1.54, 1.807) is 16.8 Å².